The van der Waals surface area contributed by atoms with E-state index in [9.17, 15) is 18.0 Å². The van der Waals surface area contributed by atoms with Gasteiger partial charge in [0.25, 0.3) is 0 Å². The van der Waals surface area contributed by atoms with Crippen molar-refractivity contribution in [3.05, 3.63) is 47.5 Å². The third-order valence-electron chi connectivity index (χ3n) is 3.48. The van der Waals surface area contributed by atoms with Crippen molar-refractivity contribution in [3.63, 3.8) is 0 Å². The molecule has 0 aliphatic carbocycles. The van der Waals surface area contributed by atoms with Gasteiger partial charge in [-0.2, -0.15) is 13.2 Å². The molecule has 0 atom stereocenters. The van der Waals surface area contributed by atoms with E-state index in [-0.39, 0.29) is 11.5 Å². The van der Waals surface area contributed by atoms with Gasteiger partial charge in [0.1, 0.15) is 5.82 Å². The first-order valence-corrected chi connectivity index (χ1v) is 7.86. The Morgan fingerprint density at radius 1 is 1.15 bits per heavy atom. The molecule has 0 N–H and O–H groups in total. The van der Waals surface area contributed by atoms with Gasteiger partial charge in [-0.25, -0.2) is 9.78 Å². The molecule has 1 amide bonds. The van der Waals surface area contributed by atoms with Crippen molar-refractivity contribution >= 4 is 18.1 Å². The predicted molar refractivity (Wildman–Crippen MR) is 96.8 cm³/mol. The number of pyridine rings is 1. The Balaban J connectivity index is 2.37. The van der Waals surface area contributed by atoms with Crippen molar-refractivity contribution in [2.75, 3.05) is 33.1 Å². The summed E-state index contributed by atoms with van der Waals surface area (Å²) in [6.45, 7) is 0. The number of carbonyl (C=O) groups excluding carboxylic acids is 1. The highest BCUT2D eigenvalue weighted by Crippen LogP contribution is 2.33. The zero-order chi connectivity index (χ0) is 20.2. The molecule has 9 heteroatoms. The quantitative estimate of drug-likeness (QED) is 0.459. The zero-order valence-corrected chi connectivity index (χ0v) is 15.3. The fourth-order valence-electron chi connectivity index (χ4n) is 2.05. The molecule has 2 aromatic rings. The van der Waals surface area contributed by atoms with Crippen LogP contribution in [0.4, 0.5) is 23.8 Å². The van der Waals surface area contributed by atoms with Crippen LogP contribution < -0.4 is 4.90 Å². The Hall–Kier alpha value is -3.10. The van der Waals surface area contributed by atoms with Crippen LogP contribution in [0.25, 0.3) is 11.3 Å². The summed E-state index contributed by atoms with van der Waals surface area (Å²) in [7, 11) is 6.27. The van der Waals surface area contributed by atoms with Gasteiger partial charge in [-0.3, -0.25) is 4.84 Å². The van der Waals surface area contributed by atoms with Gasteiger partial charge in [-0.15, -0.1) is 0 Å². The predicted octanol–water partition coefficient (Wildman–Crippen LogP) is 3.87. The second-order valence-electron chi connectivity index (χ2n) is 6.10. The molecular weight excluding hydrogens is 361 g/mol. The second kappa shape index (κ2) is 8.07. The van der Waals surface area contributed by atoms with Gasteiger partial charge < -0.3 is 9.80 Å². The van der Waals surface area contributed by atoms with Gasteiger partial charge in [0.05, 0.1) is 17.5 Å². The summed E-state index contributed by atoms with van der Waals surface area (Å²) in [6.07, 6.45) is -3.83. The highest BCUT2D eigenvalue weighted by Gasteiger charge is 2.32. The SMILES string of the molecule is CN(C)C(=O)O/N=C/c1cccc(-c2cc(C(F)(F)F)cc(N(C)C)n2)c1. The van der Waals surface area contributed by atoms with Crippen molar-refractivity contribution < 1.29 is 22.8 Å². The Labute approximate surface area is 154 Å². The summed E-state index contributed by atoms with van der Waals surface area (Å²) in [5.74, 6) is 0.193. The van der Waals surface area contributed by atoms with E-state index in [4.69, 9.17) is 0 Å². The van der Waals surface area contributed by atoms with Gasteiger partial charge in [0, 0.05) is 33.8 Å². The summed E-state index contributed by atoms with van der Waals surface area (Å²) in [5, 5.41) is 3.58. The minimum atomic E-state index is -4.48. The van der Waals surface area contributed by atoms with E-state index < -0.39 is 17.8 Å². The summed E-state index contributed by atoms with van der Waals surface area (Å²) >= 11 is 0. The standard InChI is InChI=1S/C18H19F3N4O2/c1-24(2)16-10-14(18(19,20)21)9-15(23-16)13-7-5-6-12(8-13)11-22-27-17(26)25(3)4/h5-11H,1-4H3/b22-11+. The summed E-state index contributed by atoms with van der Waals surface area (Å²) < 4.78 is 39.6. The molecule has 0 aliphatic heterocycles. The molecule has 0 radical (unpaired) electrons. The molecule has 27 heavy (non-hydrogen) atoms. The zero-order valence-electron chi connectivity index (χ0n) is 15.3. The van der Waals surface area contributed by atoms with Crippen molar-refractivity contribution in [3.8, 4) is 11.3 Å². The van der Waals surface area contributed by atoms with Crippen molar-refractivity contribution in [2.45, 2.75) is 6.18 Å². The summed E-state index contributed by atoms with van der Waals surface area (Å²) in [5.41, 5.74) is 0.418. The number of nitrogens with zero attached hydrogens (tertiary/aromatic N) is 4. The van der Waals surface area contributed by atoms with Crippen LogP contribution in [0.15, 0.2) is 41.6 Å². The maximum absolute atomic E-state index is 13.2. The molecule has 0 spiro atoms. The third-order valence-corrected chi connectivity index (χ3v) is 3.48. The summed E-state index contributed by atoms with van der Waals surface area (Å²) in [6, 6.07) is 8.57. The number of anilines is 1. The van der Waals surface area contributed by atoms with Crippen LogP contribution in [0.1, 0.15) is 11.1 Å². The fraction of sp³-hybridized carbons (Fsp3) is 0.278. The monoisotopic (exact) mass is 380 g/mol. The lowest BCUT2D eigenvalue weighted by Gasteiger charge is -2.16. The number of hydrogen-bond acceptors (Lipinski definition) is 5. The molecule has 0 unspecified atom stereocenters. The van der Waals surface area contributed by atoms with Crippen LogP contribution in [0.3, 0.4) is 0 Å². The molecule has 144 valence electrons. The number of carbonyl (C=O) groups is 1. The average molecular weight is 380 g/mol. The first kappa shape index (κ1) is 20.2. The first-order chi connectivity index (χ1) is 12.6. The number of halogens is 3. The highest BCUT2D eigenvalue weighted by molar-refractivity contribution is 5.82. The Morgan fingerprint density at radius 3 is 2.44 bits per heavy atom. The molecule has 6 nitrogen and oxygen atoms in total. The molecule has 1 heterocycles. The van der Waals surface area contributed by atoms with Crippen molar-refractivity contribution in [2.24, 2.45) is 5.16 Å². The van der Waals surface area contributed by atoms with E-state index in [0.29, 0.717) is 11.1 Å². The molecule has 0 fully saturated rings. The van der Waals surface area contributed by atoms with E-state index in [0.717, 1.165) is 12.1 Å². The molecule has 0 saturated heterocycles. The topological polar surface area (TPSA) is 58.0 Å². The molecular formula is C18H19F3N4O2. The van der Waals surface area contributed by atoms with Crippen LogP contribution in [-0.4, -0.2) is 50.4 Å². The molecule has 0 saturated carbocycles. The van der Waals surface area contributed by atoms with Gasteiger partial charge in [0.15, 0.2) is 0 Å². The van der Waals surface area contributed by atoms with E-state index in [1.807, 2.05) is 0 Å². The fourth-order valence-corrected chi connectivity index (χ4v) is 2.05. The van der Waals surface area contributed by atoms with E-state index in [1.165, 1.54) is 30.1 Å². The Morgan fingerprint density at radius 2 is 1.85 bits per heavy atom. The number of aromatic nitrogens is 1. The second-order valence-corrected chi connectivity index (χ2v) is 6.10. The molecule has 0 bridgehead atoms. The van der Waals surface area contributed by atoms with Gasteiger partial charge in [-0.05, 0) is 23.8 Å². The van der Waals surface area contributed by atoms with E-state index in [1.54, 1.807) is 38.4 Å². The number of benzene rings is 1. The number of oxime groups is 1. The molecule has 2 rings (SSSR count). The highest BCUT2D eigenvalue weighted by atomic mass is 19.4. The molecule has 0 aliphatic rings. The minimum absolute atomic E-state index is 0.175. The van der Waals surface area contributed by atoms with Crippen LogP contribution >= 0.6 is 0 Å². The third kappa shape index (κ3) is 5.44. The van der Waals surface area contributed by atoms with Gasteiger partial charge in [0.2, 0.25) is 0 Å². The number of amides is 1. The lowest BCUT2D eigenvalue weighted by molar-refractivity contribution is -0.137. The van der Waals surface area contributed by atoms with E-state index >= 15 is 0 Å². The molecule has 1 aromatic carbocycles. The lowest BCUT2D eigenvalue weighted by Crippen LogP contribution is -2.20. The normalized spacial score (nSPS) is 11.5. The minimum Gasteiger partial charge on any atom is -0.363 e. The summed E-state index contributed by atoms with van der Waals surface area (Å²) in [4.78, 5) is 23.0. The van der Waals surface area contributed by atoms with E-state index in [2.05, 4.69) is 15.0 Å². The lowest BCUT2D eigenvalue weighted by atomic mass is 10.1. The Bertz CT molecular complexity index is 849. The Kier molecular flexibility index (Phi) is 6.04. The number of alkyl halides is 3. The van der Waals surface area contributed by atoms with Crippen LogP contribution in [0.5, 0.6) is 0 Å². The van der Waals surface area contributed by atoms with Gasteiger partial charge >= 0.3 is 12.3 Å². The van der Waals surface area contributed by atoms with Crippen LogP contribution in [0, 0.1) is 0 Å². The van der Waals surface area contributed by atoms with Crippen LogP contribution in [-0.2, 0) is 11.0 Å². The maximum Gasteiger partial charge on any atom is 0.435 e. The van der Waals surface area contributed by atoms with Crippen LogP contribution in [0.2, 0.25) is 0 Å². The largest absolute Gasteiger partial charge is 0.435 e. The number of rotatable bonds is 4. The molecule has 1 aromatic heterocycles. The van der Waals surface area contributed by atoms with Gasteiger partial charge in [-0.1, -0.05) is 23.4 Å². The maximum atomic E-state index is 13.2. The first-order valence-electron chi connectivity index (χ1n) is 7.86. The smallest absolute Gasteiger partial charge is 0.363 e. The average Bonchev–Trinajstić information content (AvgIpc) is 2.60. The van der Waals surface area contributed by atoms with Crippen molar-refractivity contribution in [1.29, 1.82) is 0 Å². The van der Waals surface area contributed by atoms with Crippen molar-refractivity contribution in [1.82, 2.24) is 9.88 Å². The number of hydrogen-bond donors (Lipinski definition) is 0.